The summed E-state index contributed by atoms with van der Waals surface area (Å²) in [6, 6.07) is 5.16. The summed E-state index contributed by atoms with van der Waals surface area (Å²) < 4.78 is 30.4. The number of hydrogen-bond acceptors (Lipinski definition) is 7. The van der Waals surface area contributed by atoms with Crippen molar-refractivity contribution < 1.29 is 8.78 Å². The van der Waals surface area contributed by atoms with Gasteiger partial charge in [-0.05, 0) is 18.2 Å². The SMILES string of the molecule is CC1C(N)=CC(F)=C(Cn2ncc3c(-c4cc(C#N)ccn4)nc(N)nc32)C1F. The summed E-state index contributed by atoms with van der Waals surface area (Å²) in [6.07, 6.45) is 2.52. The van der Waals surface area contributed by atoms with Crippen LogP contribution >= 0.6 is 0 Å². The highest BCUT2D eigenvalue weighted by molar-refractivity contribution is 5.90. The standard InChI is InChI=1S/C19H16F2N8/c1-9-14(23)5-13(20)12(16(9)21)8-29-18-11(7-26-29)17(27-19(24)28-18)15-4-10(6-22)2-3-25-15/h2-5,7,9,16H,8,23H2,1H3,(H2,24,27,28). The Balaban J connectivity index is 1.82. The minimum absolute atomic E-state index is 0.0502. The zero-order valence-electron chi connectivity index (χ0n) is 15.3. The molecule has 4 N–H and O–H groups in total. The molecule has 2 atom stereocenters. The second kappa shape index (κ2) is 6.94. The van der Waals surface area contributed by atoms with Crippen LogP contribution in [0, 0.1) is 17.2 Å². The number of nitrogens with two attached hydrogens (primary N) is 2. The molecule has 8 nitrogen and oxygen atoms in total. The molecule has 0 amide bonds. The van der Waals surface area contributed by atoms with E-state index >= 15 is 0 Å². The van der Waals surface area contributed by atoms with Gasteiger partial charge in [-0.3, -0.25) is 4.98 Å². The van der Waals surface area contributed by atoms with Crippen LogP contribution in [0.15, 0.2) is 47.7 Å². The van der Waals surface area contributed by atoms with Crippen molar-refractivity contribution in [3.63, 3.8) is 0 Å². The highest BCUT2D eigenvalue weighted by Gasteiger charge is 2.30. The number of hydrogen-bond donors (Lipinski definition) is 2. The maximum atomic E-state index is 14.7. The van der Waals surface area contributed by atoms with Crippen molar-refractivity contribution in [2.45, 2.75) is 19.6 Å². The molecule has 0 saturated carbocycles. The van der Waals surface area contributed by atoms with Gasteiger partial charge in [-0.25, -0.2) is 18.4 Å². The summed E-state index contributed by atoms with van der Waals surface area (Å²) in [6.45, 7) is 1.43. The van der Waals surface area contributed by atoms with Gasteiger partial charge in [0.2, 0.25) is 5.95 Å². The first-order valence-corrected chi connectivity index (χ1v) is 8.74. The Morgan fingerprint density at radius 1 is 1.31 bits per heavy atom. The van der Waals surface area contributed by atoms with E-state index in [1.807, 2.05) is 6.07 Å². The Labute approximate surface area is 164 Å². The molecule has 4 rings (SSSR count). The van der Waals surface area contributed by atoms with Gasteiger partial charge in [0, 0.05) is 23.4 Å². The van der Waals surface area contributed by atoms with Crippen molar-refractivity contribution in [2.24, 2.45) is 11.7 Å². The number of rotatable bonds is 3. The van der Waals surface area contributed by atoms with Crippen LogP contribution in [0.5, 0.6) is 0 Å². The number of nitriles is 1. The molecule has 0 fully saturated rings. The number of fused-ring (bicyclic) bond motifs is 1. The zero-order chi connectivity index (χ0) is 20.7. The highest BCUT2D eigenvalue weighted by atomic mass is 19.1. The maximum Gasteiger partial charge on any atom is 0.222 e. The summed E-state index contributed by atoms with van der Waals surface area (Å²) in [5, 5.41) is 13.8. The van der Waals surface area contributed by atoms with E-state index in [0.29, 0.717) is 28.0 Å². The number of pyridine rings is 1. The molecule has 0 bridgehead atoms. The van der Waals surface area contributed by atoms with Gasteiger partial charge in [0.1, 0.15) is 17.7 Å². The van der Waals surface area contributed by atoms with Gasteiger partial charge < -0.3 is 11.5 Å². The van der Waals surface area contributed by atoms with E-state index < -0.39 is 17.9 Å². The largest absolute Gasteiger partial charge is 0.402 e. The third-order valence-electron chi connectivity index (χ3n) is 4.86. The lowest BCUT2D eigenvalue weighted by Crippen LogP contribution is -2.28. The lowest BCUT2D eigenvalue weighted by atomic mass is 9.90. The van der Waals surface area contributed by atoms with Crippen LogP contribution < -0.4 is 11.5 Å². The van der Waals surface area contributed by atoms with Crippen LogP contribution in [0.25, 0.3) is 22.4 Å². The van der Waals surface area contributed by atoms with E-state index in [2.05, 4.69) is 20.1 Å². The number of nitrogens with zero attached hydrogens (tertiary/aromatic N) is 6. The fraction of sp³-hybridized carbons (Fsp3) is 0.211. The Hall–Kier alpha value is -3.87. The zero-order valence-corrected chi connectivity index (χ0v) is 15.3. The van der Waals surface area contributed by atoms with Gasteiger partial charge in [0.25, 0.3) is 0 Å². The van der Waals surface area contributed by atoms with Crippen LogP contribution in [0.1, 0.15) is 12.5 Å². The van der Waals surface area contributed by atoms with Gasteiger partial charge in [-0.2, -0.15) is 15.3 Å². The molecule has 0 saturated heterocycles. The average Bonchev–Trinajstić information content (AvgIpc) is 3.11. The Kier molecular flexibility index (Phi) is 4.43. The predicted octanol–water partition coefficient (Wildman–Crippen LogP) is 2.40. The first-order chi connectivity index (χ1) is 13.9. The summed E-state index contributed by atoms with van der Waals surface area (Å²) in [5.74, 6) is -1.41. The van der Waals surface area contributed by atoms with Crippen LogP contribution in [0.3, 0.4) is 0 Å². The molecular weight excluding hydrogens is 378 g/mol. The first kappa shape index (κ1) is 18.5. The predicted molar refractivity (Wildman–Crippen MR) is 102 cm³/mol. The summed E-state index contributed by atoms with van der Waals surface area (Å²) in [5.41, 5.74) is 13.1. The van der Waals surface area contributed by atoms with E-state index in [9.17, 15) is 8.78 Å². The van der Waals surface area contributed by atoms with Gasteiger partial charge in [-0.1, -0.05) is 6.92 Å². The van der Waals surface area contributed by atoms with Crippen LogP contribution in [0.2, 0.25) is 0 Å². The van der Waals surface area contributed by atoms with Crippen molar-refractivity contribution in [1.82, 2.24) is 24.7 Å². The molecule has 0 spiro atoms. The quantitative estimate of drug-likeness (QED) is 0.697. The van der Waals surface area contributed by atoms with Crippen molar-refractivity contribution in [2.75, 3.05) is 5.73 Å². The molecule has 146 valence electrons. The highest BCUT2D eigenvalue weighted by Crippen LogP contribution is 2.32. The number of aromatic nitrogens is 5. The molecule has 1 aliphatic carbocycles. The molecule has 3 aromatic heterocycles. The second-order valence-electron chi connectivity index (χ2n) is 6.72. The third kappa shape index (κ3) is 3.16. The van der Waals surface area contributed by atoms with Gasteiger partial charge in [0.05, 0.1) is 35.5 Å². The number of alkyl halides is 1. The molecule has 3 heterocycles. The van der Waals surface area contributed by atoms with Gasteiger partial charge in [-0.15, -0.1) is 0 Å². The summed E-state index contributed by atoms with van der Waals surface area (Å²) >= 11 is 0. The Morgan fingerprint density at radius 3 is 2.86 bits per heavy atom. The number of halogens is 2. The number of allylic oxidation sites excluding steroid dienone is 4. The van der Waals surface area contributed by atoms with Crippen molar-refractivity contribution >= 4 is 17.0 Å². The van der Waals surface area contributed by atoms with Crippen molar-refractivity contribution in [3.05, 3.63) is 53.3 Å². The monoisotopic (exact) mass is 394 g/mol. The van der Waals surface area contributed by atoms with Gasteiger partial charge in [0.15, 0.2) is 5.65 Å². The minimum atomic E-state index is -1.58. The van der Waals surface area contributed by atoms with E-state index in [4.69, 9.17) is 16.7 Å². The topological polar surface area (TPSA) is 132 Å². The molecule has 3 aromatic rings. The Bertz CT molecular complexity index is 1220. The van der Waals surface area contributed by atoms with E-state index in [1.54, 1.807) is 19.1 Å². The van der Waals surface area contributed by atoms with E-state index in [1.165, 1.54) is 17.1 Å². The van der Waals surface area contributed by atoms with Crippen LogP contribution in [0.4, 0.5) is 14.7 Å². The summed E-state index contributed by atoms with van der Waals surface area (Å²) in [7, 11) is 0. The minimum Gasteiger partial charge on any atom is -0.402 e. The maximum absolute atomic E-state index is 14.7. The van der Waals surface area contributed by atoms with Crippen LogP contribution in [-0.4, -0.2) is 30.9 Å². The summed E-state index contributed by atoms with van der Waals surface area (Å²) in [4.78, 5) is 12.6. The van der Waals surface area contributed by atoms with Crippen LogP contribution in [-0.2, 0) is 6.54 Å². The van der Waals surface area contributed by atoms with E-state index in [-0.39, 0.29) is 23.8 Å². The molecule has 0 aromatic carbocycles. The lowest BCUT2D eigenvalue weighted by molar-refractivity contribution is 0.284. The molecule has 0 radical (unpaired) electrons. The lowest BCUT2D eigenvalue weighted by Gasteiger charge is -2.24. The Morgan fingerprint density at radius 2 is 2.10 bits per heavy atom. The third-order valence-corrected chi connectivity index (χ3v) is 4.86. The van der Waals surface area contributed by atoms with Crippen molar-refractivity contribution in [3.8, 4) is 17.5 Å². The van der Waals surface area contributed by atoms with Crippen molar-refractivity contribution in [1.29, 1.82) is 5.26 Å². The fourth-order valence-corrected chi connectivity index (χ4v) is 3.21. The fourth-order valence-electron chi connectivity index (χ4n) is 3.21. The first-order valence-electron chi connectivity index (χ1n) is 8.74. The molecule has 0 aliphatic heterocycles. The molecule has 2 unspecified atom stereocenters. The molecule has 10 heteroatoms. The second-order valence-corrected chi connectivity index (χ2v) is 6.72. The molecule has 29 heavy (non-hydrogen) atoms. The normalized spacial score (nSPS) is 19.3. The van der Waals surface area contributed by atoms with Gasteiger partial charge >= 0.3 is 0 Å². The smallest absolute Gasteiger partial charge is 0.222 e. The average molecular weight is 394 g/mol. The number of anilines is 1. The van der Waals surface area contributed by atoms with E-state index in [0.717, 1.165) is 6.08 Å². The molecular formula is C19H16F2N8. The molecule has 1 aliphatic rings. The number of nitrogen functional groups attached to an aromatic ring is 1.